The Morgan fingerprint density at radius 1 is 0.873 bits per heavy atom. The Labute approximate surface area is 376 Å². The quantitative estimate of drug-likeness (QED) is 0.0659. The molecule has 1 aliphatic rings. The molecule has 2 aromatic carbocycles. The van der Waals surface area contributed by atoms with Crippen molar-refractivity contribution in [2.24, 2.45) is 29.2 Å². The highest BCUT2D eigenvalue weighted by atomic mass is 32.2. The number of phenolic OH excluding ortho intramolecular Hbond substituents is 1. The van der Waals surface area contributed by atoms with E-state index in [2.05, 4.69) is 12.2 Å². The lowest BCUT2D eigenvalue weighted by atomic mass is 9.88. The average Bonchev–Trinajstić information content (AvgIpc) is 3.24. The van der Waals surface area contributed by atoms with Crippen molar-refractivity contribution in [2.75, 3.05) is 38.2 Å². The van der Waals surface area contributed by atoms with Gasteiger partial charge in [0.15, 0.2) is 21.4 Å². The molecule has 352 valence electrons. The number of carbonyl (C=O) groups excluding carboxylic acids is 5. The zero-order valence-electron chi connectivity index (χ0n) is 38.6. The molecule has 2 aromatic rings. The van der Waals surface area contributed by atoms with Crippen LogP contribution in [-0.2, 0) is 40.2 Å². The topological polar surface area (TPSA) is 216 Å². The number of ketones is 3. The molecule has 0 radical (unpaired) electrons. The van der Waals surface area contributed by atoms with E-state index < -0.39 is 57.3 Å². The molecule has 14 heteroatoms. The highest BCUT2D eigenvalue weighted by Gasteiger charge is 2.37. The first-order chi connectivity index (χ1) is 30.0. The summed E-state index contributed by atoms with van der Waals surface area (Å²) in [6, 6.07) is 7.45. The van der Waals surface area contributed by atoms with E-state index in [-0.39, 0.29) is 67.7 Å². The summed E-state index contributed by atoms with van der Waals surface area (Å²) in [5.74, 6) is -4.71. The van der Waals surface area contributed by atoms with E-state index in [9.17, 15) is 37.5 Å². The van der Waals surface area contributed by atoms with Gasteiger partial charge in [0.2, 0.25) is 11.8 Å². The van der Waals surface area contributed by atoms with Crippen molar-refractivity contribution in [3.63, 3.8) is 0 Å². The van der Waals surface area contributed by atoms with Crippen molar-refractivity contribution < 1.29 is 42.2 Å². The second-order valence-corrected chi connectivity index (χ2v) is 20.0. The van der Waals surface area contributed by atoms with Gasteiger partial charge in [-0.3, -0.25) is 24.0 Å². The number of Topliss-reactive ketones (excluding diaryl/α,β-unsaturated/α-hetero) is 3. The summed E-state index contributed by atoms with van der Waals surface area (Å²) in [6.45, 7) is 7.54. The molecule has 0 spiro atoms. The van der Waals surface area contributed by atoms with Gasteiger partial charge in [0, 0.05) is 49.4 Å². The van der Waals surface area contributed by atoms with Gasteiger partial charge in [-0.1, -0.05) is 104 Å². The third-order valence-electron chi connectivity index (χ3n) is 12.3. The molecule has 13 nitrogen and oxygen atoms in total. The number of aromatic hydroxyl groups is 1. The van der Waals surface area contributed by atoms with E-state index in [1.54, 1.807) is 44.2 Å². The Morgan fingerprint density at radius 3 is 2.14 bits per heavy atom. The molecule has 0 unspecified atom stereocenters. The van der Waals surface area contributed by atoms with Crippen LogP contribution in [0.2, 0.25) is 0 Å². The molecule has 63 heavy (non-hydrogen) atoms. The zero-order chi connectivity index (χ0) is 46.5. The van der Waals surface area contributed by atoms with Crippen molar-refractivity contribution in [3.8, 4) is 22.6 Å². The van der Waals surface area contributed by atoms with Gasteiger partial charge < -0.3 is 31.5 Å². The number of hydrogen-bond acceptors (Lipinski definition) is 11. The van der Waals surface area contributed by atoms with Crippen LogP contribution in [0.3, 0.4) is 0 Å². The van der Waals surface area contributed by atoms with Crippen molar-refractivity contribution in [3.05, 3.63) is 47.5 Å². The van der Waals surface area contributed by atoms with Crippen molar-refractivity contribution in [1.82, 2.24) is 10.2 Å². The van der Waals surface area contributed by atoms with Gasteiger partial charge >= 0.3 is 0 Å². The Balaban J connectivity index is 1.99. The highest BCUT2D eigenvalue weighted by molar-refractivity contribution is 7.91. The maximum Gasteiger partial charge on any atom is 0.227 e. The Hall–Kier alpha value is -4.14. The minimum absolute atomic E-state index is 0.0310. The molecule has 0 saturated carbocycles. The van der Waals surface area contributed by atoms with E-state index in [1.807, 2.05) is 0 Å². The van der Waals surface area contributed by atoms with Crippen LogP contribution in [0.5, 0.6) is 11.5 Å². The molecule has 5 atom stereocenters. The number of amides is 2. The smallest absolute Gasteiger partial charge is 0.227 e. The number of nitrogens with zero attached hydrogens (tertiary/aromatic N) is 1. The van der Waals surface area contributed by atoms with E-state index in [4.69, 9.17) is 16.2 Å². The summed E-state index contributed by atoms with van der Waals surface area (Å²) in [5, 5.41) is 14.1. The number of sulfone groups is 1. The van der Waals surface area contributed by atoms with Crippen LogP contribution in [0.4, 0.5) is 0 Å². The fraction of sp³-hybridized carbons (Fsp3) is 0.653. The maximum absolute atomic E-state index is 14.7. The van der Waals surface area contributed by atoms with Gasteiger partial charge in [-0.15, -0.1) is 0 Å². The standard InChI is InChI=1S/C49H76N4O9S/c1-6-7-8-9-10-11-12-13-14-15-18-27-63(60,61)33-39(19-16-17-24-50)49(59)53(5)47-38-21-23-46(62-26-25-51)41(32-38)40-30-37(20-22-43(40)55)31-42(44(56)28-34(2)36(4)54)52-48(58)35(3)29-45(47)57/h20-23,30,32,34-35,39,42,47,55H,6-19,24-29,31,33,50-51H2,1-5H3,(H,52,58)/t34-,35-,39-,42+,47+/m1/s1. The summed E-state index contributed by atoms with van der Waals surface area (Å²) < 4.78 is 33.3. The van der Waals surface area contributed by atoms with E-state index in [1.165, 1.54) is 63.5 Å². The molecular weight excluding hydrogens is 821 g/mol. The number of likely N-dealkylation sites (N-methyl/N-ethyl adjacent to an activating group) is 1. The number of ether oxygens (including phenoxy) is 1. The third kappa shape index (κ3) is 17.4. The number of unbranched alkanes of at least 4 members (excludes halogenated alkanes) is 11. The number of benzene rings is 2. The SMILES string of the molecule is CCCCCCCCCCCCCS(=O)(=O)C[C@@H](CCCCN)C(=O)N(C)[C@@H]1C(=O)C[C@@H](C)C(=O)N[C@H](C(=O)C[C@@H](C)C(C)=O)Cc2ccc(O)c(c2)-c2cc1ccc2OCCN. The second kappa shape index (κ2) is 27.2. The number of nitrogens with two attached hydrogens (primary N) is 2. The van der Waals surface area contributed by atoms with Gasteiger partial charge in [-0.05, 0) is 74.5 Å². The summed E-state index contributed by atoms with van der Waals surface area (Å²) in [5.41, 5.74) is 13.3. The molecule has 0 fully saturated rings. The fourth-order valence-electron chi connectivity index (χ4n) is 8.27. The number of carbonyl (C=O) groups is 5. The van der Waals surface area contributed by atoms with Crippen LogP contribution in [0, 0.1) is 17.8 Å². The van der Waals surface area contributed by atoms with E-state index in [0.717, 1.165) is 25.7 Å². The maximum atomic E-state index is 14.7. The molecule has 0 aromatic heterocycles. The monoisotopic (exact) mass is 897 g/mol. The predicted octanol–water partition coefficient (Wildman–Crippen LogP) is 7.19. The lowest BCUT2D eigenvalue weighted by Gasteiger charge is -2.32. The first kappa shape index (κ1) is 53.2. The molecular formula is C49H76N4O9S. The van der Waals surface area contributed by atoms with Crippen molar-refractivity contribution in [1.29, 1.82) is 0 Å². The molecule has 2 amide bonds. The summed E-state index contributed by atoms with van der Waals surface area (Å²) in [6.07, 6.45) is 13.0. The largest absolute Gasteiger partial charge is 0.507 e. The molecule has 0 aliphatic carbocycles. The Morgan fingerprint density at radius 2 is 1.52 bits per heavy atom. The van der Waals surface area contributed by atoms with Crippen LogP contribution in [-0.4, -0.2) is 91.9 Å². The minimum atomic E-state index is -3.65. The lowest BCUT2D eigenvalue weighted by Crippen LogP contribution is -2.46. The van der Waals surface area contributed by atoms with Crippen LogP contribution < -0.4 is 21.5 Å². The van der Waals surface area contributed by atoms with Crippen LogP contribution in [0.1, 0.15) is 148 Å². The molecule has 3 rings (SSSR count). The normalized spacial score (nSPS) is 17.9. The molecule has 6 N–H and O–H groups in total. The molecule has 1 aliphatic heterocycles. The number of nitrogens with one attached hydrogen (secondary N) is 1. The minimum Gasteiger partial charge on any atom is -0.507 e. The number of fused-ring (bicyclic) bond motifs is 5. The predicted molar refractivity (Wildman–Crippen MR) is 249 cm³/mol. The third-order valence-corrected chi connectivity index (χ3v) is 14.1. The first-order valence-electron chi connectivity index (χ1n) is 23.4. The second-order valence-electron chi connectivity index (χ2n) is 17.7. The van der Waals surface area contributed by atoms with Gasteiger partial charge in [0.1, 0.15) is 29.9 Å². The molecule has 1 heterocycles. The Kier molecular flexibility index (Phi) is 23.0. The van der Waals surface area contributed by atoms with E-state index in [0.29, 0.717) is 53.8 Å². The summed E-state index contributed by atoms with van der Waals surface area (Å²) >= 11 is 0. The number of rotatable bonds is 27. The van der Waals surface area contributed by atoms with Crippen molar-refractivity contribution >= 4 is 39.0 Å². The van der Waals surface area contributed by atoms with E-state index >= 15 is 0 Å². The van der Waals surface area contributed by atoms with Gasteiger partial charge in [-0.25, -0.2) is 8.42 Å². The molecule has 4 bridgehead atoms. The van der Waals surface area contributed by atoms with Gasteiger partial charge in [-0.2, -0.15) is 0 Å². The first-order valence-corrected chi connectivity index (χ1v) is 25.2. The summed E-state index contributed by atoms with van der Waals surface area (Å²) in [7, 11) is -2.17. The van der Waals surface area contributed by atoms with Crippen molar-refractivity contribution in [2.45, 2.75) is 149 Å². The average molecular weight is 897 g/mol. The summed E-state index contributed by atoms with van der Waals surface area (Å²) in [4.78, 5) is 70.1. The number of hydrogen-bond donors (Lipinski definition) is 4. The van der Waals surface area contributed by atoms with Crippen LogP contribution in [0.25, 0.3) is 11.1 Å². The highest BCUT2D eigenvalue weighted by Crippen LogP contribution is 2.40. The lowest BCUT2D eigenvalue weighted by molar-refractivity contribution is -0.142. The molecule has 0 saturated heterocycles. The van der Waals surface area contributed by atoms with Crippen LogP contribution >= 0.6 is 0 Å². The Bertz CT molecular complexity index is 1920. The van der Waals surface area contributed by atoms with Crippen LogP contribution in [0.15, 0.2) is 36.4 Å². The van der Waals surface area contributed by atoms with Gasteiger partial charge in [0.05, 0.1) is 23.5 Å². The van der Waals surface area contributed by atoms with Gasteiger partial charge in [0.25, 0.3) is 0 Å². The zero-order valence-corrected chi connectivity index (χ0v) is 39.4. The fourth-order valence-corrected chi connectivity index (χ4v) is 10.0. The number of phenols is 1.